The van der Waals surface area contributed by atoms with Crippen molar-refractivity contribution in [3.05, 3.63) is 70.7 Å². The first-order chi connectivity index (χ1) is 16.9. The third-order valence-corrected chi connectivity index (χ3v) is 7.70. The average molecular weight is 496 g/mol. The average Bonchev–Trinajstić information content (AvgIpc) is 3.35. The minimum atomic E-state index is -0.979. The van der Waals surface area contributed by atoms with E-state index in [9.17, 15) is 18.0 Å². The van der Waals surface area contributed by atoms with Crippen molar-refractivity contribution in [1.82, 2.24) is 19.9 Å². The topological polar surface area (TPSA) is 71.0 Å². The number of likely N-dealkylation sites (tertiary alicyclic amines) is 1. The highest BCUT2D eigenvalue weighted by Gasteiger charge is 2.54. The van der Waals surface area contributed by atoms with Crippen LogP contribution in [0.25, 0.3) is 21.5 Å². The number of halogens is 3. The number of aromatic nitrogens is 3. The number of piperidine rings is 1. The minimum absolute atomic E-state index is 0.0574. The first-order valence-corrected chi connectivity index (χ1v) is 12.1. The number of carbonyl (C=O) groups excluding carboxylic acids is 1. The second-order valence-electron chi connectivity index (χ2n) is 8.99. The van der Waals surface area contributed by atoms with E-state index in [1.54, 1.807) is 12.1 Å². The maximum Gasteiger partial charge on any atom is 0.274 e. The van der Waals surface area contributed by atoms with Crippen LogP contribution in [0.4, 0.5) is 19.0 Å². The van der Waals surface area contributed by atoms with Crippen LogP contribution >= 0.6 is 11.3 Å². The molecular weight excluding hydrogens is 475 g/mol. The van der Waals surface area contributed by atoms with Crippen LogP contribution in [0, 0.1) is 36.2 Å². The lowest BCUT2D eigenvalue weighted by atomic mass is 10.1. The molecule has 3 atom stereocenters. The van der Waals surface area contributed by atoms with E-state index in [-0.39, 0.29) is 28.8 Å². The number of hydrogen-bond acceptors (Lipinski definition) is 6. The van der Waals surface area contributed by atoms with E-state index in [0.717, 1.165) is 34.0 Å². The molecule has 6 rings (SSSR count). The van der Waals surface area contributed by atoms with Gasteiger partial charge in [-0.05, 0) is 42.9 Å². The highest BCUT2D eigenvalue weighted by molar-refractivity contribution is 7.15. The van der Waals surface area contributed by atoms with Crippen molar-refractivity contribution in [2.45, 2.75) is 19.4 Å². The second-order valence-corrected chi connectivity index (χ2v) is 10.2. The summed E-state index contributed by atoms with van der Waals surface area (Å²) in [4.78, 5) is 29.2. The largest absolute Gasteiger partial charge is 0.367 e. The first kappa shape index (κ1) is 22.0. The molecule has 35 heavy (non-hydrogen) atoms. The summed E-state index contributed by atoms with van der Waals surface area (Å²) >= 11 is 1.41. The van der Waals surface area contributed by atoms with Crippen LogP contribution in [-0.2, 0) is 0 Å². The molecule has 3 heterocycles. The smallest absolute Gasteiger partial charge is 0.274 e. The van der Waals surface area contributed by atoms with E-state index >= 15 is 0 Å². The van der Waals surface area contributed by atoms with Crippen molar-refractivity contribution in [2.24, 2.45) is 11.8 Å². The van der Waals surface area contributed by atoms with Crippen LogP contribution < -0.4 is 5.32 Å². The van der Waals surface area contributed by atoms with Crippen molar-refractivity contribution >= 4 is 34.1 Å². The van der Waals surface area contributed by atoms with Gasteiger partial charge in [-0.1, -0.05) is 12.1 Å². The summed E-state index contributed by atoms with van der Waals surface area (Å²) in [6, 6.07) is 8.05. The molecule has 0 spiro atoms. The molecule has 1 N–H and O–H groups in total. The summed E-state index contributed by atoms with van der Waals surface area (Å²) in [6.07, 6.45) is 2.53. The lowest BCUT2D eigenvalue weighted by Crippen LogP contribution is -2.42. The number of carbonyl (C=O) groups is 1. The molecule has 0 radical (unpaired) electrons. The highest BCUT2D eigenvalue weighted by atomic mass is 32.1. The summed E-state index contributed by atoms with van der Waals surface area (Å²) in [5, 5.41) is 3.99. The lowest BCUT2D eigenvalue weighted by Gasteiger charge is -2.27. The van der Waals surface area contributed by atoms with Crippen LogP contribution in [0.2, 0.25) is 0 Å². The molecule has 178 valence electrons. The Bertz CT molecular complexity index is 1460. The first-order valence-electron chi connectivity index (χ1n) is 11.3. The van der Waals surface area contributed by atoms with E-state index in [0.29, 0.717) is 36.4 Å². The van der Waals surface area contributed by atoms with Gasteiger partial charge >= 0.3 is 0 Å². The van der Waals surface area contributed by atoms with Gasteiger partial charge < -0.3 is 10.2 Å². The van der Waals surface area contributed by atoms with Gasteiger partial charge in [0.1, 0.15) is 17.3 Å². The van der Waals surface area contributed by atoms with Gasteiger partial charge in [0.05, 0.1) is 33.2 Å². The van der Waals surface area contributed by atoms with Crippen LogP contribution in [0.15, 0.2) is 42.6 Å². The van der Waals surface area contributed by atoms with Gasteiger partial charge in [0.2, 0.25) is 0 Å². The monoisotopic (exact) mass is 495 g/mol. The second kappa shape index (κ2) is 8.30. The van der Waals surface area contributed by atoms with Crippen molar-refractivity contribution < 1.29 is 18.0 Å². The Morgan fingerprint density at radius 3 is 2.63 bits per heavy atom. The fourth-order valence-electron chi connectivity index (χ4n) is 4.87. The molecule has 4 aromatic rings. The summed E-state index contributed by atoms with van der Waals surface area (Å²) in [6.45, 7) is 2.96. The molecule has 1 amide bonds. The molecule has 2 aromatic heterocycles. The zero-order chi connectivity index (χ0) is 24.3. The quantitative estimate of drug-likeness (QED) is 0.420. The van der Waals surface area contributed by atoms with E-state index in [4.69, 9.17) is 0 Å². The van der Waals surface area contributed by atoms with Gasteiger partial charge in [-0.15, -0.1) is 11.3 Å². The Labute approximate surface area is 202 Å². The molecule has 1 saturated carbocycles. The van der Waals surface area contributed by atoms with Gasteiger partial charge in [0.25, 0.3) is 5.91 Å². The fourth-order valence-corrected chi connectivity index (χ4v) is 5.79. The van der Waals surface area contributed by atoms with Crippen LogP contribution in [0.1, 0.15) is 21.9 Å². The van der Waals surface area contributed by atoms with Crippen LogP contribution in [0.3, 0.4) is 0 Å². The van der Waals surface area contributed by atoms with Crippen LogP contribution in [-0.4, -0.2) is 44.9 Å². The molecular formula is C25H20F3N5OS. The molecule has 10 heteroatoms. The molecule has 1 aliphatic carbocycles. The van der Waals surface area contributed by atoms with E-state index < -0.39 is 11.6 Å². The van der Waals surface area contributed by atoms with E-state index in [1.165, 1.54) is 29.7 Å². The molecule has 2 fully saturated rings. The van der Waals surface area contributed by atoms with Gasteiger partial charge in [0.15, 0.2) is 11.6 Å². The van der Waals surface area contributed by atoms with Gasteiger partial charge in [-0.3, -0.25) is 9.78 Å². The standard InChI is InChI=1S/C25H20F3N5OS/c1-12-31-23(24(35-12)13-2-4-15(26)5-3-13)25(34)33-11-14-6-16(14)21(33)9-30-22-10-29-19-7-17(27)18(28)8-20(19)32-22/h2-5,7-8,10,14,16,21H,6,9,11H2,1H3,(H,30,32)/t14-,16-,21-/m1/s1. The number of amides is 1. The Morgan fingerprint density at radius 1 is 1.11 bits per heavy atom. The molecule has 2 aliphatic rings. The van der Waals surface area contributed by atoms with Crippen LogP contribution in [0.5, 0.6) is 0 Å². The summed E-state index contributed by atoms with van der Waals surface area (Å²) in [5.41, 5.74) is 1.66. The molecule has 2 aromatic carbocycles. The number of rotatable bonds is 5. The van der Waals surface area contributed by atoms with Gasteiger partial charge in [0, 0.05) is 25.2 Å². The Morgan fingerprint density at radius 2 is 1.86 bits per heavy atom. The number of nitrogens with zero attached hydrogens (tertiary/aromatic N) is 4. The van der Waals surface area contributed by atoms with Crippen molar-refractivity contribution in [3.8, 4) is 10.4 Å². The summed E-state index contributed by atoms with van der Waals surface area (Å²) in [5.74, 6) is -1.15. The highest BCUT2D eigenvalue weighted by Crippen LogP contribution is 2.50. The van der Waals surface area contributed by atoms with E-state index in [1.807, 2.05) is 11.8 Å². The maximum absolute atomic E-state index is 13.6. The predicted octanol–water partition coefficient (Wildman–Crippen LogP) is 5.05. The number of fused-ring (bicyclic) bond motifs is 2. The molecule has 0 unspecified atom stereocenters. The van der Waals surface area contributed by atoms with E-state index in [2.05, 4.69) is 20.3 Å². The maximum atomic E-state index is 13.6. The van der Waals surface area contributed by atoms with Gasteiger partial charge in [-0.25, -0.2) is 23.1 Å². The third-order valence-electron chi connectivity index (χ3n) is 6.68. The predicted molar refractivity (Wildman–Crippen MR) is 127 cm³/mol. The number of anilines is 1. The third kappa shape index (κ3) is 4.01. The molecule has 1 aliphatic heterocycles. The number of nitrogens with one attached hydrogen (secondary N) is 1. The number of benzene rings is 2. The Hall–Kier alpha value is -3.53. The Balaban J connectivity index is 1.23. The van der Waals surface area contributed by atoms with Crippen molar-refractivity contribution in [1.29, 1.82) is 0 Å². The minimum Gasteiger partial charge on any atom is -0.367 e. The number of hydrogen-bond donors (Lipinski definition) is 1. The fraction of sp³-hybridized carbons (Fsp3) is 0.280. The van der Waals surface area contributed by atoms with Crippen molar-refractivity contribution in [2.75, 3.05) is 18.4 Å². The molecule has 6 nitrogen and oxygen atoms in total. The number of aryl methyl sites for hydroxylation is 1. The summed E-state index contributed by atoms with van der Waals surface area (Å²) in [7, 11) is 0. The SMILES string of the molecule is Cc1nc(C(=O)N2C[C@H]3C[C@H]3[C@H]2CNc2cnc3cc(F)c(F)cc3n2)c(-c2ccc(F)cc2)s1. The molecule has 1 saturated heterocycles. The zero-order valence-electron chi connectivity index (χ0n) is 18.6. The Kier molecular flexibility index (Phi) is 5.21. The number of thiazole rings is 1. The lowest BCUT2D eigenvalue weighted by molar-refractivity contribution is 0.0711. The molecule has 0 bridgehead atoms. The van der Waals surface area contributed by atoms with Crippen molar-refractivity contribution in [3.63, 3.8) is 0 Å². The summed E-state index contributed by atoms with van der Waals surface area (Å²) < 4.78 is 40.5. The normalized spacial score (nSPS) is 20.8. The van der Waals surface area contributed by atoms with Gasteiger partial charge in [-0.2, -0.15) is 0 Å². The zero-order valence-corrected chi connectivity index (χ0v) is 19.5.